The molecule has 2 heteroatoms. The summed E-state index contributed by atoms with van der Waals surface area (Å²) in [5, 5.41) is 1.18. The SMILES string of the molecule is [Ir].c1ccc(-c2nc3ccccc3cc2-c2cccc3c2Cc2ccccc2-3)cc1. The van der Waals surface area contributed by atoms with Crippen molar-refractivity contribution in [1.29, 1.82) is 0 Å². The first-order valence-electron chi connectivity index (χ1n) is 10.0. The van der Waals surface area contributed by atoms with Gasteiger partial charge in [-0.15, -0.1) is 0 Å². The second-order valence-electron chi connectivity index (χ2n) is 7.61. The van der Waals surface area contributed by atoms with E-state index in [9.17, 15) is 0 Å². The zero-order valence-electron chi connectivity index (χ0n) is 16.3. The summed E-state index contributed by atoms with van der Waals surface area (Å²) in [6.45, 7) is 0. The number of rotatable bonds is 2. The topological polar surface area (TPSA) is 12.9 Å². The van der Waals surface area contributed by atoms with E-state index in [1.165, 1.54) is 38.8 Å². The number of nitrogens with zero attached hydrogens (tertiary/aromatic N) is 1. The maximum atomic E-state index is 5.10. The molecular weight excluding hydrogens is 543 g/mol. The minimum Gasteiger partial charge on any atom is -0.247 e. The van der Waals surface area contributed by atoms with Crippen molar-refractivity contribution in [2.45, 2.75) is 6.42 Å². The molecule has 0 fully saturated rings. The monoisotopic (exact) mass is 562 g/mol. The van der Waals surface area contributed by atoms with Crippen LogP contribution >= 0.6 is 0 Å². The van der Waals surface area contributed by atoms with Crippen molar-refractivity contribution < 1.29 is 20.1 Å². The molecule has 5 aromatic rings. The Morgan fingerprint density at radius 3 is 2.10 bits per heavy atom. The van der Waals surface area contributed by atoms with Crippen LogP contribution in [0.2, 0.25) is 0 Å². The predicted octanol–water partition coefficient (Wildman–Crippen LogP) is 7.14. The molecule has 6 rings (SSSR count). The van der Waals surface area contributed by atoms with Gasteiger partial charge in [0.15, 0.2) is 0 Å². The van der Waals surface area contributed by atoms with E-state index >= 15 is 0 Å². The van der Waals surface area contributed by atoms with Gasteiger partial charge in [-0.2, -0.15) is 0 Å². The Labute approximate surface area is 189 Å². The molecule has 0 amide bonds. The van der Waals surface area contributed by atoms with Crippen LogP contribution in [0.3, 0.4) is 0 Å². The van der Waals surface area contributed by atoms with E-state index in [-0.39, 0.29) is 20.1 Å². The third-order valence-corrected chi connectivity index (χ3v) is 5.91. The van der Waals surface area contributed by atoms with Crippen molar-refractivity contribution in [3.8, 4) is 33.5 Å². The number of fused-ring (bicyclic) bond motifs is 4. The number of aromatic nitrogens is 1. The van der Waals surface area contributed by atoms with Crippen molar-refractivity contribution in [3.05, 3.63) is 114 Å². The van der Waals surface area contributed by atoms with Gasteiger partial charge < -0.3 is 0 Å². The summed E-state index contributed by atoms with van der Waals surface area (Å²) < 4.78 is 0. The van der Waals surface area contributed by atoms with Gasteiger partial charge in [0.25, 0.3) is 0 Å². The first kappa shape index (κ1) is 18.9. The van der Waals surface area contributed by atoms with Gasteiger partial charge >= 0.3 is 0 Å². The molecule has 0 bridgehead atoms. The molecule has 1 heterocycles. The van der Waals surface area contributed by atoms with Crippen molar-refractivity contribution in [3.63, 3.8) is 0 Å². The molecule has 0 aliphatic heterocycles. The number of hydrogen-bond acceptors (Lipinski definition) is 1. The standard InChI is InChI=1S/C28H19N.Ir/c1-2-9-19(10-3-1)28-26(18-21-12-5-7-16-27(21)29-28)24-15-8-14-23-22-13-6-4-11-20(22)17-25(23)24;/h1-16,18H,17H2;. The summed E-state index contributed by atoms with van der Waals surface area (Å²) in [5.74, 6) is 0. The van der Waals surface area contributed by atoms with E-state index in [4.69, 9.17) is 4.98 Å². The smallest absolute Gasteiger partial charge is 0.0788 e. The van der Waals surface area contributed by atoms with E-state index in [2.05, 4.69) is 103 Å². The van der Waals surface area contributed by atoms with Gasteiger partial charge in [-0.3, -0.25) is 0 Å². The van der Waals surface area contributed by atoms with Gasteiger partial charge in [0.2, 0.25) is 0 Å². The zero-order valence-corrected chi connectivity index (χ0v) is 18.7. The molecule has 1 aliphatic rings. The number of hydrogen-bond donors (Lipinski definition) is 0. The second-order valence-corrected chi connectivity index (χ2v) is 7.61. The first-order valence-corrected chi connectivity index (χ1v) is 10.0. The third kappa shape index (κ3) is 3.01. The summed E-state index contributed by atoms with van der Waals surface area (Å²) in [5.41, 5.74) is 11.3. The van der Waals surface area contributed by atoms with Crippen molar-refractivity contribution in [2.24, 2.45) is 0 Å². The average molecular weight is 562 g/mol. The Morgan fingerprint density at radius 2 is 1.23 bits per heavy atom. The van der Waals surface area contributed by atoms with Crippen LogP contribution in [0.25, 0.3) is 44.4 Å². The van der Waals surface area contributed by atoms with Gasteiger partial charge in [0, 0.05) is 36.6 Å². The number of benzene rings is 4. The number of pyridine rings is 1. The fourth-order valence-corrected chi connectivity index (χ4v) is 4.55. The maximum Gasteiger partial charge on any atom is 0.0788 e. The molecule has 30 heavy (non-hydrogen) atoms. The van der Waals surface area contributed by atoms with E-state index < -0.39 is 0 Å². The Hall–Kier alpha value is -3.06. The summed E-state index contributed by atoms with van der Waals surface area (Å²) in [6.07, 6.45) is 0.975. The quantitative estimate of drug-likeness (QED) is 0.219. The molecule has 1 aliphatic carbocycles. The van der Waals surface area contributed by atoms with E-state index in [1.807, 2.05) is 0 Å². The van der Waals surface area contributed by atoms with E-state index in [0.29, 0.717) is 0 Å². The van der Waals surface area contributed by atoms with Crippen LogP contribution < -0.4 is 0 Å². The summed E-state index contributed by atoms with van der Waals surface area (Å²) in [7, 11) is 0. The zero-order chi connectivity index (χ0) is 19.2. The average Bonchev–Trinajstić information content (AvgIpc) is 3.18. The first-order chi connectivity index (χ1) is 14.4. The Balaban J connectivity index is 0.00000193. The van der Waals surface area contributed by atoms with Gasteiger partial charge in [-0.25, -0.2) is 4.98 Å². The molecule has 0 saturated carbocycles. The van der Waals surface area contributed by atoms with E-state index in [1.54, 1.807) is 0 Å². The summed E-state index contributed by atoms with van der Waals surface area (Å²) in [4.78, 5) is 5.10. The predicted molar refractivity (Wildman–Crippen MR) is 121 cm³/mol. The second kappa shape index (κ2) is 7.64. The third-order valence-electron chi connectivity index (χ3n) is 5.91. The summed E-state index contributed by atoms with van der Waals surface area (Å²) >= 11 is 0. The minimum absolute atomic E-state index is 0. The molecule has 0 saturated heterocycles. The van der Waals surface area contributed by atoms with Crippen molar-refractivity contribution in [2.75, 3.05) is 0 Å². The maximum absolute atomic E-state index is 5.10. The van der Waals surface area contributed by atoms with E-state index in [0.717, 1.165) is 23.2 Å². The Morgan fingerprint density at radius 1 is 0.567 bits per heavy atom. The fraction of sp³-hybridized carbons (Fsp3) is 0.0357. The molecule has 145 valence electrons. The van der Waals surface area contributed by atoms with Crippen LogP contribution in [0.4, 0.5) is 0 Å². The molecular formula is C28H19IrN. The molecule has 1 radical (unpaired) electrons. The van der Waals surface area contributed by atoms with Gasteiger partial charge in [-0.1, -0.05) is 91.0 Å². The molecule has 0 atom stereocenters. The van der Waals surface area contributed by atoms with Gasteiger partial charge in [0.05, 0.1) is 11.2 Å². The van der Waals surface area contributed by atoms with Crippen LogP contribution in [0.1, 0.15) is 11.1 Å². The van der Waals surface area contributed by atoms with Gasteiger partial charge in [-0.05, 0) is 46.4 Å². The largest absolute Gasteiger partial charge is 0.247 e. The van der Waals surface area contributed by atoms with Crippen LogP contribution in [0, 0.1) is 0 Å². The fourth-order valence-electron chi connectivity index (χ4n) is 4.55. The molecule has 1 aromatic heterocycles. The normalized spacial score (nSPS) is 11.6. The van der Waals surface area contributed by atoms with Crippen molar-refractivity contribution in [1.82, 2.24) is 4.98 Å². The number of para-hydroxylation sites is 1. The molecule has 0 N–H and O–H groups in total. The molecule has 0 spiro atoms. The van der Waals surface area contributed by atoms with Crippen molar-refractivity contribution >= 4 is 10.9 Å². The Bertz CT molecular complexity index is 1370. The minimum atomic E-state index is 0. The van der Waals surface area contributed by atoms with Crippen LogP contribution in [0.15, 0.2) is 103 Å². The van der Waals surface area contributed by atoms with Gasteiger partial charge in [0.1, 0.15) is 0 Å². The molecule has 4 aromatic carbocycles. The van der Waals surface area contributed by atoms with Crippen LogP contribution in [0.5, 0.6) is 0 Å². The van der Waals surface area contributed by atoms with Crippen LogP contribution in [-0.2, 0) is 26.5 Å². The summed E-state index contributed by atoms with van der Waals surface area (Å²) in [6, 6.07) is 36.7. The Kier molecular flexibility index (Phi) is 4.83. The van der Waals surface area contributed by atoms with Crippen LogP contribution in [-0.4, -0.2) is 4.98 Å². The molecule has 1 nitrogen and oxygen atoms in total. The molecule has 0 unspecified atom stereocenters.